The van der Waals surface area contributed by atoms with Gasteiger partial charge in [0.2, 0.25) is 0 Å². The third kappa shape index (κ3) is 3.50. The molecule has 0 aliphatic heterocycles. The van der Waals surface area contributed by atoms with Gasteiger partial charge >= 0.3 is 5.97 Å². The SMILES string of the molecule is CCCCCC(=O)c1ccc(C(=O)O)cc1. The molecule has 0 radical (unpaired) electrons. The second-order valence-corrected chi connectivity index (χ2v) is 3.76. The molecule has 0 saturated carbocycles. The number of rotatable bonds is 6. The first-order valence-corrected chi connectivity index (χ1v) is 5.51. The third-order valence-electron chi connectivity index (χ3n) is 2.46. The lowest BCUT2D eigenvalue weighted by atomic mass is 10.0. The molecule has 1 rings (SSSR count). The number of hydrogen-bond donors (Lipinski definition) is 1. The molecule has 0 aromatic heterocycles. The van der Waals surface area contributed by atoms with Crippen molar-refractivity contribution in [3.05, 3.63) is 35.4 Å². The van der Waals surface area contributed by atoms with Gasteiger partial charge in [0.15, 0.2) is 5.78 Å². The molecule has 86 valence electrons. The number of hydrogen-bond acceptors (Lipinski definition) is 2. The maximum Gasteiger partial charge on any atom is 0.335 e. The fourth-order valence-corrected chi connectivity index (χ4v) is 1.48. The van der Waals surface area contributed by atoms with E-state index in [1.165, 1.54) is 12.1 Å². The molecule has 0 saturated heterocycles. The van der Waals surface area contributed by atoms with Crippen molar-refractivity contribution in [2.45, 2.75) is 32.6 Å². The summed E-state index contributed by atoms with van der Waals surface area (Å²) in [5, 5.41) is 8.70. The number of carboxylic acid groups (broad SMARTS) is 1. The van der Waals surface area contributed by atoms with Crippen LogP contribution in [0.1, 0.15) is 53.3 Å². The molecule has 1 aromatic carbocycles. The molecule has 1 N–H and O–H groups in total. The molecule has 0 aliphatic rings. The van der Waals surface area contributed by atoms with Gasteiger partial charge in [-0.15, -0.1) is 0 Å². The summed E-state index contributed by atoms with van der Waals surface area (Å²) < 4.78 is 0. The van der Waals surface area contributed by atoms with Crippen molar-refractivity contribution in [3.63, 3.8) is 0 Å². The smallest absolute Gasteiger partial charge is 0.335 e. The van der Waals surface area contributed by atoms with E-state index in [9.17, 15) is 9.59 Å². The van der Waals surface area contributed by atoms with Crippen LogP contribution in [-0.4, -0.2) is 16.9 Å². The maximum absolute atomic E-state index is 11.7. The van der Waals surface area contributed by atoms with Crippen molar-refractivity contribution in [2.24, 2.45) is 0 Å². The van der Waals surface area contributed by atoms with E-state index in [0.29, 0.717) is 12.0 Å². The van der Waals surface area contributed by atoms with Crippen LogP contribution in [0.4, 0.5) is 0 Å². The molecule has 0 atom stereocenters. The van der Waals surface area contributed by atoms with E-state index in [1.54, 1.807) is 12.1 Å². The molecule has 3 nitrogen and oxygen atoms in total. The van der Waals surface area contributed by atoms with E-state index in [0.717, 1.165) is 19.3 Å². The standard InChI is InChI=1S/C13H16O3/c1-2-3-4-5-12(14)10-6-8-11(9-7-10)13(15)16/h6-9H,2-5H2,1H3,(H,15,16). The van der Waals surface area contributed by atoms with Crippen LogP contribution in [0.25, 0.3) is 0 Å². The highest BCUT2D eigenvalue weighted by atomic mass is 16.4. The molecule has 0 amide bonds. The topological polar surface area (TPSA) is 54.4 Å². The van der Waals surface area contributed by atoms with Gasteiger partial charge in [-0.2, -0.15) is 0 Å². The number of unbranched alkanes of at least 4 members (excludes halogenated alkanes) is 2. The Morgan fingerprint density at radius 3 is 2.12 bits per heavy atom. The van der Waals surface area contributed by atoms with E-state index in [1.807, 2.05) is 0 Å². The number of carboxylic acids is 1. The molecular formula is C13H16O3. The van der Waals surface area contributed by atoms with E-state index in [4.69, 9.17) is 5.11 Å². The van der Waals surface area contributed by atoms with Crippen LogP contribution in [0.5, 0.6) is 0 Å². The highest BCUT2D eigenvalue weighted by Gasteiger charge is 2.07. The summed E-state index contributed by atoms with van der Waals surface area (Å²) in [7, 11) is 0. The van der Waals surface area contributed by atoms with Gasteiger partial charge in [0.1, 0.15) is 0 Å². The lowest BCUT2D eigenvalue weighted by Gasteiger charge is -2.01. The fraction of sp³-hybridized carbons (Fsp3) is 0.385. The molecule has 0 spiro atoms. The maximum atomic E-state index is 11.7. The third-order valence-corrected chi connectivity index (χ3v) is 2.46. The van der Waals surface area contributed by atoms with Crippen molar-refractivity contribution >= 4 is 11.8 Å². The normalized spacial score (nSPS) is 10.1. The molecule has 0 aliphatic carbocycles. The predicted octanol–water partition coefficient (Wildman–Crippen LogP) is 3.15. The summed E-state index contributed by atoms with van der Waals surface area (Å²) in [5.41, 5.74) is 0.811. The molecule has 0 fully saturated rings. The Morgan fingerprint density at radius 2 is 1.62 bits per heavy atom. The van der Waals surface area contributed by atoms with Crippen LogP contribution in [0.2, 0.25) is 0 Å². The van der Waals surface area contributed by atoms with Gasteiger partial charge in [0, 0.05) is 12.0 Å². The average Bonchev–Trinajstić information content (AvgIpc) is 2.29. The van der Waals surface area contributed by atoms with E-state index < -0.39 is 5.97 Å². The summed E-state index contributed by atoms with van der Waals surface area (Å²) in [6.07, 6.45) is 3.58. The van der Waals surface area contributed by atoms with Crippen LogP contribution in [0, 0.1) is 0 Å². The average molecular weight is 220 g/mol. The lowest BCUT2D eigenvalue weighted by Crippen LogP contribution is -2.01. The molecular weight excluding hydrogens is 204 g/mol. The molecule has 1 aromatic rings. The minimum atomic E-state index is -0.968. The summed E-state index contributed by atoms with van der Waals surface area (Å²) in [4.78, 5) is 22.3. The molecule has 16 heavy (non-hydrogen) atoms. The molecule has 0 unspecified atom stereocenters. The Kier molecular flexibility index (Phi) is 4.70. The van der Waals surface area contributed by atoms with E-state index in [-0.39, 0.29) is 11.3 Å². The number of carbonyl (C=O) groups excluding carboxylic acids is 1. The van der Waals surface area contributed by atoms with Gasteiger partial charge < -0.3 is 5.11 Å². The highest BCUT2D eigenvalue weighted by molar-refractivity contribution is 5.97. The number of Topliss-reactive ketones (excluding diaryl/α,β-unsaturated/α-hetero) is 1. The van der Waals surface area contributed by atoms with Crippen LogP contribution < -0.4 is 0 Å². The fourth-order valence-electron chi connectivity index (χ4n) is 1.48. The summed E-state index contributed by atoms with van der Waals surface area (Å²) in [6.45, 7) is 2.09. The Labute approximate surface area is 95.1 Å². The molecule has 3 heteroatoms. The second-order valence-electron chi connectivity index (χ2n) is 3.76. The van der Waals surface area contributed by atoms with Gasteiger partial charge in [0.25, 0.3) is 0 Å². The zero-order chi connectivity index (χ0) is 12.0. The number of aromatic carboxylic acids is 1. The van der Waals surface area contributed by atoms with Crippen molar-refractivity contribution in [1.29, 1.82) is 0 Å². The van der Waals surface area contributed by atoms with Crippen LogP contribution >= 0.6 is 0 Å². The Balaban J connectivity index is 2.59. The van der Waals surface area contributed by atoms with E-state index >= 15 is 0 Å². The van der Waals surface area contributed by atoms with Gasteiger partial charge in [-0.3, -0.25) is 4.79 Å². The van der Waals surface area contributed by atoms with Crippen LogP contribution in [-0.2, 0) is 0 Å². The molecule has 0 heterocycles. The minimum absolute atomic E-state index is 0.0883. The first-order chi connectivity index (χ1) is 7.65. The molecule has 0 bridgehead atoms. The van der Waals surface area contributed by atoms with Crippen molar-refractivity contribution in [2.75, 3.05) is 0 Å². The van der Waals surface area contributed by atoms with E-state index in [2.05, 4.69) is 6.92 Å². The van der Waals surface area contributed by atoms with Crippen molar-refractivity contribution < 1.29 is 14.7 Å². The highest BCUT2D eigenvalue weighted by Crippen LogP contribution is 2.10. The number of benzene rings is 1. The van der Waals surface area contributed by atoms with Crippen LogP contribution in [0.3, 0.4) is 0 Å². The monoisotopic (exact) mass is 220 g/mol. The first kappa shape index (κ1) is 12.4. The second kappa shape index (κ2) is 6.05. The van der Waals surface area contributed by atoms with Crippen molar-refractivity contribution in [3.8, 4) is 0 Å². The van der Waals surface area contributed by atoms with Gasteiger partial charge in [-0.25, -0.2) is 4.79 Å². The van der Waals surface area contributed by atoms with Gasteiger partial charge in [0.05, 0.1) is 5.56 Å². The first-order valence-electron chi connectivity index (χ1n) is 5.51. The van der Waals surface area contributed by atoms with Crippen LogP contribution in [0.15, 0.2) is 24.3 Å². The summed E-state index contributed by atoms with van der Waals surface area (Å²) >= 11 is 0. The Bertz CT molecular complexity index is 365. The van der Waals surface area contributed by atoms with Gasteiger partial charge in [-0.1, -0.05) is 31.9 Å². The summed E-state index contributed by atoms with van der Waals surface area (Å²) in [5.74, 6) is -0.879. The Hall–Kier alpha value is -1.64. The zero-order valence-corrected chi connectivity index (χ0v) is 9.40. The zero-order valence-electron chi connectivity index (χ0n) is 9.40. The van der Waals surface area contributed by atoms with Crippen molar-refractivity contribution in [1.82, 2.24) is 0 Å². The number of carbonyl (C=O) groups is 2. The lowest BCUT2D eigenvalue weighted by molar-refractivity contribution is 0.0696. The predicted molar refractivity (Wildman–Crippen MR) is 61.9 cm³/mol. The quantitative estimate of drug-likeness (QED) is 0.591. The minimum Gasteiger partial charge on any atom is -0.478 e. The largest absolute Gasteiger partial charge is 0.478 e. The van der Waals surface area contributed by atoms with Gasteiger partial charge in [-0.05, 0) is 18.6 Å². The number of ketones is 1. The summed E-state index contributed by atoms with van der Waals surface area (Å²) in [6, 6.07) is 6.10. The Morgan fingerprint density at radius 1 is 1.06 bits per heavy atom.